The molecule has 4 aromatic rings. The molecule has 3 heterocycles. The van der Waals surface area contributed by atoms with Gasteiger partial charge in [-0.25, -0.2) is 8.78 Å². The van der Waals surface area contributed by atoms with Crippen LogP contribution < -0.4 is 10.3 Å². The maximum absolute atomic E-state index is 13.9. The van der Waals surface area contributed by atoms with E-state index in [0.717, 1.165) is 12.1 Å². The number of fused-ring (bicyclic) bond motifs is 2. The molecule has 0 aliphatic carbocycles. The summed E-state index contributed by atoms with van der Waals surface area (Å²) in [6.45, 7) is 1.65. The molecule has 1 aliphatic heterocycles. The summed E-state index contributed by atoms with van der Waals surface area (Å²) in [4.78, 5) is 27.6. The number of carbonyl (C=O) groups is 1. The summed E-state index contributed by atoms with van der Waals surface area (Å²) >= 11 is 0. The molecule has 1 atom stereocenters. The van der Waals surface area contributed by atoms with Crippen LogP contribution in [0.4, 0.5) is 14.6 Å². The van der Waals surface area contributed by atoms with E-state index in [1.807, 2.05) is 0 Å². The zero-order valence-electron chi connectivity index (χ0n) is 15.0. The summed E-state index contributed by atoms with van der Waals surface area (Å²) < 4.78 is 38.4. The lowest BCUT2D eigenvalue weighted by Crippen LogP contribution is -2.29. The quantitative estimate of drug-likeness (QED) is 0.511. The van der Waals surface area contributed by atoms with Crippen molar-refractivity contribution in [3.05, 3.63) is 93.0 Å². The number of anilines is 1. The minimum Gasteiger partial charge on any atom is -0.450 e. The molecule has 0 N–H and O–H groups in total. The number of aromatic nitrogens is 1. The second-order valence-corrected chi connectivity index (χ2v) is 6.74. The second-order valence-electron chi connectivity index (χ2n) is 6.74. The van der Waals surface area contributed by atoms with Gasteiger partial charge in [-0.15, -0.1) is 0 Å². The molecule has 144 valence electrons. The van der Waals surface area contributed by atoms with E-state index < -0.39 is 29.0 Å². The van der Waals surface area contributed by atoms with Crippen LogP contribution in [0.1, 0.15) is 33.5 Å². The number of nitrogens with zero attached hydrogens (tertiary/aromatic N) is 2. The van der Waals surface area contributed by atoms with Gasteiger partial charge in [0.05, 0.1) is 17.0 Å². The maximum Gasteiger partial charge on any atom is 0.296 e. The molecule has 2 aromatic carbocycles. The normalized spacial score (nSPS) is 15.9. The Bertz CT molecular complexity index is 1360. The van der Waals surface area contributed by atoms with Crippen LogP contribution in [0.2, 0.25) is 0 Å². The Labute approximate surface area is 162 Å². The average Bonchev–Trinajstić information content (AvgIpc) is 3.24. The van der Waals surface area contributed by atoms with Crippen molar-refractivity contribution >= 4 is 22.7 Å². The van der Waals surface area contributed by atoms with Crippen LogP contribution in [0.15, 0.2) is 62.3 Å². The first kappa shape index (κ1) is 17.3. The molecule has 0 bridgehead atoms. The van der Waals surface area contributed by atoms with Gasteiger partial charge < -0.3 is 8.94 Å². The summed E-state index contributed by atoms with van der Waals surface area (Å²) in [7, 11) is 0. The molecule has 29 heavy (non-hydrogen) atoms. The van der Waals surface area contributed by atoms with Gasteiger partial charge >= 0.3 is 0 Å². The molecule has 1 aliphatic rings. The molecule has 5 rings (SSSR count). The van der Waals surface area contributed by atoms with E-state index in [-0.39, 0.29) is 28.1 Å². The van der Waals surface area contributed by atoms with Gasteiger partial charge in [0.15, 0.2) is 11.2 Å². The fourth-order valence-electron chi connectivity index (χ4n) is 3.64. The highest BCUT2D eigenvalue weighted by Gasteiger charge is 2.45. The van der Waals surface area contributed by atoms with Crippen molar-refractivity contribution in [2.24, 2.45) is 0 Å². The van der Waals surface area contributed by atoms with Gasteiger partial charge in [-0.3, -0.25) is 14.5 Å². The molecule has 6 nitrogen and oxygen atoms in total. The molecule has 0 saturated carbocycles. The zero-order chi connectivity index (χ0) is 20.3. The number of rotatable bonds is 2. The fourth-order valence-corrected chi connectivity index (χ4v) is 3.64. The number of hydrogen-bond donors (Lipinski definition) is 0. The topological polar surface area (TPSA) is 76.6 Å². The lowest BCUT2D eigenvalue weighted by molar-refractivity contribution is 0.0969. The van der Waals surface area contributed by atoms with Crippen molar-refractivity contribution in [3.63, 3.8) is 0 Å². The van der Waals surface area contributed by atoms with Gasteiger partial charge in [0.25, 0.3) is 5.91 Å². The highest BCUT2D eigenvalue weighted by Crippen LogP contribution is 2.41. The van der Waals surface area contributed by atoms with Gasteiger partial charge in [0.2, 0.25) is 5.76 Å². The lowest BCUT2D eigenvalue weighted by Gasteiger charge is -2.22. The minimum atomic E-state index is -0.999. The first-order valence-electron chi connectivity index (χ1n) is 8.72. The van der Waals surface area contributed by atoms with Crippen molar-refractivity contribution < 1.29 is 22.5 Å². The second kappa shape index (κ2) is 6.10. The molecule has 0 radical (unpaired) electrons. The molecular formula is C21H12F2N2O4. The SMILES string of the molecule is Cc1cc(N2C(=O)c3oc4ccc(F)cc4c(=O)c3[C@H]2c2cccc(F)c2)no1. The highest BCUT2D eigenvalue weighted by molar-refractivity contribution is 6.10. The summed E-state index contributed by atoms with van der Waals surface area (Å²) in [5.74, 6) is -1.35. The van der Waals surface area contributed by atoms with E-state index in [4.69, 9.17) is 8.94 Å². The van der Waals surface area contributed by atoms with Gasteiger partial charge in [-0.1, -0.05) is 17.3 Å². The molecule has 0 saturated heterocycles. The van der Waals surface area contributed by atoms with Crippen molar-refractivity contribution in [2.75, 3.05) is 4.90 Å². The van der Waals surface area contributed by atoms with Gasteiger partial charge in [0.1, 0.15) is 23.0 Å². The predicted molar refractivity (Wildman–Crippen MR) is 98.7 cm³/mol. The van der Waals surface area contributed by atoms with Crippen molar-refractivity contribution in [3.8, 4) is 0 Å². The third-order valence-corrected chi connectivity index (χ3v) is 4.86. The van der Waals surface area contributed by atoms with Gasteiger partial charge in [0, 0.05) is 6.07 Å². The van der Waals surface area contributed by atoms with E-state index in [2.05, 4.69) is 5.16 Å². The third-order valence-electron chi connectivity index (χ3n) is 4.86. The number of benzene rings is 2. The van der Waals surface area contributed by atoms with E-state index in [1.54, 1.807) is 13.0 Å². The largest absolute Gasteiger partial charge is 0.450 e. The van der Waals surface area contributed by atoms with E-state index in [0.29, 0.717) is 11.3 Å². The Hall–Kier alpha value is -3.81. The smallest absolute Gasteiger partial charge is 0.296 e. The molecule has 0 spiro atoms. The number of carbonyl (C=O) groups excluding carboxylic acids is 1. The fraction of sp³-hybridized carbons (Fsp3) is 0.0952. The van der Waals surface area contributed by atoms with E-state index in [9.17, 15) is 18.4 Å². The average molecular weight is 394 g/mol. The van der Waals surface area contributed by atoms with Crippen LogP contribution in [0.3, 0.4) is 0 Å². The summed E-state index contributed by atoms with van der Waals surface area (Å²) in [6.07, 6.45) is 0. The molecular weight excluding hydrogens is 382 g/mol. The Balaban J connectivity index is 1.84. The number of halogens is 2. The van der Waals surface area contributed by atoms with Gasteiger partial charge in [-0.05, 0) is 42.8 Å². The Morgan fingerprint density at radius 1 is 1.03 bits per heavy atom. The Morgan fingerprint density at radius 2 is 1.83 bits per heavy atom. The predicted octanol–water partition coefficient (Wildman–Crippen LogP) is 4.12. The monoisotopic (exact) mass is 394 g/mol. The van der Waals surface area contributed by atoms with Crippen LogP contribution in [0, 0.1) is 18.6 Å². The first-order chi connectivity index (χ1) is 13.9. The molecule has 8 heteroatoms. The van der Waals surface area contributed by atoms with Crippen LogP contribution in [0.25, 0.3) is 11.0 Å². The molecule has 0 fully saturated rings. The van der Waals surface area contributed by atoms with Crippen LogP contribution in [0.5, 0.6) is 0 Å². The van der Waals surface area contributed by atoms with Crippen molar-refractivity contribution in [1.29, 1.82) is 0 Å². The molecule has 2 aromatic heterocycles. The van der Waals surface area contributed by atoms with E-state index in [1.165, 1.54) is 35.2 Å². The third kappa shape index (κ3) is 2.56. The zero-order valence-corrected chi connectivity index (χ0v) is 15.0. The summed E-state index contributed by atoms with van der Waals surface area (Å²) in [6, 6.07) is 9.55. The van der Waals surface area contributed by atoms with Crippen LogP contribution in [-0.2, 0) is 0 Å². The number of aryl methyl sites for hydroxylation is 1. The highest BCUT2D eigenvalue weighted by atomic mass is 19.1. The van der Waals surface area contributed by atoms with Crippen LogP contribution in [-0.4, -0.2) is 11.1 Å². The Kier molecular flexibility index (Phi) is 3.64. The first-order valence-corrected chi connectivity index (χ1v) is 8.72. The maximum atomic E-state index is 13.9. The van der Waals surface area contributed by atoms with Gasteiger partial charge in [-0.2, -0.15) is 0 Å². The van der Waals surface area contributed by atoms with Crippen LogP contribution >= 0.6 is 0 Å². The summed E-state index contributed by atoms with van der Waals surface area (Å²) in [5.41, 5.74) is -0.133. The standard InChI is InChI=1S/C21H12F2N2O4/c1-10-7-16(24-29-10)25-18(11-3-2-4-12(22)8-11)17-19(26)14-9-13(23)5-6-15(14)28-20(17)21(25)27/h2-9,18H,1H3/t18-/m1/s1. The summed E-state index contributed by atoms with van der Waals surface area (Å²) in [5, 5.41) is 3.87. The molecule has 1 amide bonds. The minimum absolute atomic E-state index is 0.000599. The van der Waals surface area contributed by atoms with E-state index >= 15 is 0 Å². The van der Waals surface area contributed by atoms with Crippen molar-refractivity contribution in [2.45, 2.75) is 13.0 Å². The lowest BCUT2D eigenvalue weighted by atomic mass is 9.98. The number of amides is 1. The van der Waals surface area contributed by atoms with Crippen molar-refractivity contribution in [1.82, 2.24) is 5.16 Å². The molecule has 0 unspecified atom stereocenters. The number of hydrogen-bond acceptors (Lipinski definition) is 5. The Morgan fingerprint density at radius 3 is 2.55 bits per heavy atom.